The second-order valence-electron chi connectivity index (χ2n) is 10.5. The topological polar surface area (TPSA) is 59.6 Å². The molecule has 0 aliphatic carbocycles. The van der Waals surface area contributed by atoms with Crippen LogP contribution in [0.25, 0.3) is 0 Å². The number of rotatable bonds is 10. The number of nitrogens with one attached hydrogen (secondary N) is 2. The van der Waals surface area contributed by atoms with Crippen LogP contribution in [0.3, 0.4) is 0 Å². The Hall–Kier alpha value is -3.20. The van der Waals surface area contributed by atoms with Crippen molar-refractivity contribution in [2.75, 3.05) is 0 Å². The van der Waals surface area contributed by atoms with Crippen LogP contribution in [0.5, 0.6) is 0 Å². The largest absolute Gasteiger partial charge is 0.471 e. The number of ether oxygens (including phenoxy) is 2. The Bertz CT molecular complexity index is 1220. The molecule has 0 spiro atoms. The minimum Gasteiger partial charge on any atom is -0.343 e. The average molecular weight is 541 g/mol. The number of carbonyl (C=O) groups excluding carboxylic acids is 1. The van der Waals surface area contributed by atoms with Crippen LogP contribution in [0, 0.1) is 6.92 Å². The molecule has 0 saturated carbocycles. The van der Waals surface area contributed by atoms with Gasteiger partial charge in [0.1, 0.15) is 12.2 Å². The van der Waals surface area contributed by atoms with Crippen molar-refractivity contribution in [1.29, 1.82) is 0 Å². The van der Waals surface area contributed by atoms with Gasteiger partial charge >= 0.3 is 12.1 Å². The molecule has 208 valence electrons. The predicted octanol–water partition coefficient (Wildman–Crippen LogP) is 5.51. The summed E-state index contributed by atoms with van der Waals surface area (Å²) in [4.78, 5) is 12.1. The van der Waals surface area contributed by atoms with E-state index in [0.29, 0.717) is 13.0 Å². The Morgan fingerprint density at radius 3 is 1.87 bits per heavy atom. The number of carbonyl (C=O) groups is 1. The van der Waals surface area contributed by atoms with Crippen LogP contribution in [-0.2, 0) is 33.7 Å². The van der Waals surface area contributed by atoms with Gasteiger partial charge in [-0.05, 0) is 50.3 Å². The van der Waals surface area contributed by atoms with E-state index in [9.17, 15) is 18.0 Å². The fourth-order valence-electron chi connectivity index (χ4n) is 5.05. The molecular formula is C31H35F3N2O3. The van der Waals surface area contributed by atoms with Crippen LogP contribution >= 0.6 is 0 Å². The Kier molecular flexibility index (Phi) is 9.10. The molecule has 4 atom stereocenters. The summed E-state index contributed by atoms with van der Waals surface area (Å²) in [6, 6.07) is 25.8. The van der Waals surface area contributed by atoms with E-state index in [0.717, 1.165) is 22.3 Å². The van der Waals surface area contributed by atoms with Crippen molar-refractivity contribution < 1.29 is 27.4 Å². The number of amides is 1. The summed E-state index contributed by atoms with van der Waals surface area (Å²) in [5.41, 5.74) is 4.04. The van der Waals surface area contributed by atoms with Crippen LogP contribution in [-0.4, -0.2) is 42.2 Å². The standard InChI is InChI=1S/C31H35F3N2O3/c1-21-11-10-16-24(17-21)20-35-25(18-22-12-6-4-7-13-22)27-28(39-30(2,3)38-27)26(36-29(37)31(32,33)34)19-23-14-8-5-9-15-23/h4-17,25-28,35H,18-20H2,1-3H3,(H,36,37)/t25-,26-,27?,28?/m1/s1. The van der Waals surface area contributed by atoms with Crippen LogP contribution in [0.15, 0.2) is 84.9 Å². The maximum Gasteiger partial charge on any atom is 0.471 e. The first kappa shape index (κ1) is 28.8. The van der Waals surface area contributed by atoms with Crippen molar-refractivity contribution in [2.45, 2.75) is 76.4 Å². The summed E-state index contributed by atoms with van der Waals surface area (Å²) in [7, 11) is 0. The molecule has 1 fully saturated rings. The molecule has 2 unspecified atom stereocenters. The first-order valence-corrected chi connectivity index (χ1v) is 13.1. The zero-order chi connectivity index (χ0) is 28.0. The lowest BCUT2D eigenvalue weighted by Crippen LogP contribution is -2.56. The molecule has 39 heavy (non-hydrogen) atoms. The summed E-state index contributed by atoms with van der Waals surface area (Å²) >= 11 is 0. The first-order chi connectivity index (χ1) is 18.5. The Morgan fingerprint density at radius 2 is 1.33 bits per heavy atom. The van der Waals surface area contributed by atoms with E-state index in [2.05, 4.69) is 16.7 Å². The molecule has 1 aliphatic heterocycles. The molecule has 2 N–H and O–H groups in total. The van der Waals surface area contributed by atoms with E-state index in [1.54, 1.807) is 13.8 Å². The summed E-state index contributed by atoms with van der Waals surface area (Å²) in [5, 5.41) is 5.80. The zero-order valence-electron chi connectivity index (χ0n) is 22.4. The number of aryl methyl sites for hydroxylation is 1. The second-order valence-corrected chi connectivity index (χ2v) is 10.5. The van der Waals surface area contributed by atoms with Gasteiger partial charge in [-0.1, -0.05) is 90.5 Å². The lowest BCUT2D eigenvalue weighted by Gasteiger charge is -2.33. The van der Waals surface area contributed by atoms with E-state index in [1.165, 1.54) is 0 Å². The minimum absolute atomic E-state index is 0.152. The van der Waals surface area contributed by atoms with Crippen molar-refractivity contribution in [3.05, 3.63) is 107 Å². The van der Waals surface area contributed by atoms with Crippen LogP contribution < -0.4 is 10.6 Å². The van der Waals surface area contributed by atoms with Gasteiger partial charge in [0.25, 0.3) is 0 Å². The number of hydrogen-bond acceptors (Lipinski definition) is 4. The molecule has 0 radical (unpaired) electrons. The van der Waals surface area contributed by atoms with Crippen molar-refractivity contribution in [2.24, 2.45) is 0 Å². The normalized spacial score (nSPS) is 20.4. The number of alkyl halides is 3. The summed E-state index contributed by atoms with van der Waals surface area (Å²) in [5.74, 6) is -3.06. The second kappa shape index (κ2) is 12.3. The summed E-state index contributed by atoms with van der Waals surface area (Å²) in [6.07, 6.45) is -5.80. The van der Waals surface area contributed by atoms with Gasteiger partial charge in [-0.2, -0.15) is 13.2 Å². The van der Waals surface area contributed by atoms with E-state index in [-0.39, 0.29) is 12.5 Å². The van der Waals surface area contributed by atoms with Crippen LogP contribution in [0.4, 0.5) is 13.2 Å². The lowest BCUT2D eigenvalue weighted by molar-refractivity contribution is -0.176. The fourth-order valence-corrected chi connectivity index (χ4v) is 5.05. The molecule has 4 rings (SSSR count). The molecular weight excluding hydrogens is 505 g/mol. The third kappa shape index (κ3) is 8.14. The summed E-state index contributed by atoms with van der Waals surface area (Å²) in [6.45, 7) is 6.04. The van der Waals surface area contributed by atoms with E-state index in [1.807, 2.05) is 85.8 Å². The highest BCUT2D eigenvalue weighted by molar-refractivity contribution is 5.82. The van der Waals surface area contributed by atoms with Gasteiger partial charge in [0, 0.05) is 12.6 Å². The SMILES string of the molecule is Cc1cccc(CN[C@H](Cc2ccccc2)C2OC(C)(C)OC2[C@@H](Cc2ccccc2)NC(=O)C(F)(F)F)c1. The maximum atomic E-state index is 13.4. The van der Waals surface area contributed by atoms with Crippen molar-refractivity contribution >= 4 is 5.91 Å². The quantitative estimate of drug-likeness (QED) is 0.356. The molecule has 3 aromatic carbocycles. The van der Waals surface area contributed by atoms with Gasteiger partial charge in [-0.25, -0.2) is 0 Å². The number of halogens is 3. The molecule has 1 heterocycles. The molecule has 8 heteroatoms. The van der Waals surface area contributed by atoms with E-state index in [4.69, 9.17) is 9.47 Å². The van der Waals surface area contributed by atoms with Gasteiger partial charge in [0.2, 0.25) is 0 Å². The number of hydrogen-bond donors (Lipinski definition) is 2. The fraction of sp³-hybridized carbons (Fsp3) is 0.387. The highest BCUT2D eigenvalue weighted by atomic mass is 19.4. The van der Waals surface area contributed by atoms with Gasteiger partial charge in [0.05, 0.1) is 6.04 Å². The molecule has 5 nitrogen and oxygen atoms in total. The van der Waals surface area contributed by atoms with Gasteiger partial charge in [-0.3, -0.25) is 4.79 Å². The van der Waals surface area contributed by atoms with Crippen LogP contribution in [0.2, 0.25) is 0 Å². The monoisotopic (exact) mass is 540 g/mol. The first-order valence-electron chi connectivity index (χ1n) is 13.1. The highest BCUT2D eigenvalue weighted by Crippen LogP contribution is 2.34. The molecule has 0 bridgehead atoms. The van der Waals surface area contributed by atoms with Gasteiger partial charge in [-0.15, -0.1) is 0 Å². The maximum absolute atomic E-state index is 13.4. The zero-order valence-corrected chi connectivity index (χ0v) is 22.4. The smallest absolute Gasteiger partial charge is 0.343 e. The third-order valence-electron chi connectivity index (χ3n) is 6.78. The van der Waals surface area contributed by atoms with Gasteiger partial charge in [0.15, 0.2) is 5.79 Å². The van der Waals surface area contributed by atoms with E-state index >= 15 is 0 Å². The highest BCUT2D eigenvalue weighted by Gasteiger charge is 2.50. The Morgan fingerprint density at radius 1 is 0.821 bits per heavy atom. The van der Waals surface area contributed by atoms with Gasteiger partial charge < -0.3 is 20.1 Å². The Balaban J connectivity index is 1.66. The van der Waals surface area contributed by atoms with Crippen molar-refractivity contribution in [3.63, 3.8) is 0 Å². The van der Waals surface area contributed by atoms with Crippen molar-refractivity contribution in [3.8, 4) is 0 Å². The van der Waals surface area contributed by atoms with Crippen LogP contribution in [0.1, 0.15) is 36.1 Å². The molecule has 1 aliphatic rings. The average Bonchev–Trinajstić information content (AvgIpc) is 3.22. The molecule has 0 aromatic heterocycles. The van der Waals surface area contributed by atoms with Crippen molar-refractivity contribution in [1.82, 2.24) is 10.6 Å². The minimum atomic E-state index is -5.02. The third-order valence-corrected chi connectivity index (χ3v) is 6.78. The van der Waals surface area contributed by atoms with E-state index < -0.39 is 36.1 Å². The summed E-state index contributed by atoms with van der Waals surface area (Å²) < 4.78 is 52.8. The molecule has 1 amide bonds. The Labute approximate surface area is 227 Å². The number of benzene rings is 3. The molecule has 3 aromatic rings. The molecule has 1 saturated heterocycles. The predicted molar refractivity (Wildman–Crippen MR) is 144 cm³/mol. The lowest BCUT2D eigenvalue weighted by atomic mass is 9.91.